The van der Waals surface area contributed by atoms with Crippen LogP contribution in [0.25, 0.3) is 0 Å². The minimum atomic E-state index is 0.231. The zero-order valence-electron chi connectivity index (χ0n) is 10.5. The molecule has 1 aromatic rings. The Morgan fingerprint density at radius 3 is 2.47 bits per heavy atom. The molecular weight excluding hydrogens is 212 g/mol. The molecule has 2 rings (SSSR count). The average Bonchev–Trinajstić information content (AvgIpc) is 2.77. The summed E-state index contributed by atoms with van der Waals surface area (Å²) in [6.07, 6.45) is 1.01. The average molecular weight is 234 g/mol. The maximum atomic E-state index is 9.22. The van der Waals surface area contributed by atoms with Gasteiger partial charge in [-0.3, -0.25) is 4.90 Å². The molecule has 3 heteroatoms. The van der Waals surface area contributed by atoms with Crippen molar-refractivity contribution >= 4 is 0 Å². The monoisotopic (exact) mass is 234 g/mol. The summed E-state index contributed by atoms with van der Waals surface area (Å²) < 4.78 is 0. The lowest BCUT2D eigenvalue weighted by Gasteiger charge is -2.20. The SMILES string of the molecule is CCNC(CO)CCN1Cc2ccccc2C1. The van der Waals surface area contributed by atoms with Gasteiger partial charge < -0.3 is 10.4 Å². The summed E-state index contributed by atoms with van der Waals surface area (Å²) in [5, 5.41) is 12.5. The molecule has 1 aliphatic heterocycles. The Morgan fingerprint density at radius 2 is 1.94 bits per heavy atom. The van der Waals surface area contributed by atoms with Gasteiger partial charge in [0.1, 0.15) is 0 Å². The van der Waals surface area contributed by atoms with Crippen molar-refractivity contribution < 1.29 is 5.11 Å². The zero-order chi connectivity index (χ0) is 12.1. The summed E-state index contributed by atoms with van der Waals surface area (Å²) >= 11 is 0. The number of fused-ring (bicyclic) bond motifs is 1. The predicted octanol–water partition coefficient (Wildman–Crippen LogP) is 1.36. The summed E-state index contributed by atoms with van der Waals surface area (Å²) in [4.78, 5) is 2.45. The molecule has 2 N–H and O–H groups in total. The summed E-state index contributed by atoms with van der Waals surface area (Å²) in [5.41, 5.74) is 2.91. The third kappa shape index (κ3) is 3.28. The van der Waals surface area contributed by atoms with E-state index < -0.39 is 0 Å². The van der Waals surface area contributed by atoms with Crippen LogP contribution in [0.2, 0.25) is 0 Å². The van der Waals surface area contributed by atoms with Crippen molar-refractivity contribution in [2.75, 3.05) is 19.7 Å². The van der Waals surface area contributed by atoms with Gasteiger partial charge in [-0.15, -0.1) is 0 Å². The summed E-state index contributed by atoms with van der Waals surface area (Å²) in [7, 11) is 0. The highest BCUT2D eigenvalue weighted by Gasteiger charge is 2.18. The Labute approximate surface area is 103 Å². The molecule has 0 amide bonds. The summed E-state index contributed by atoms with van der Waals surface area (Å²) in [5.74, 6) is 0. The highest BCUT2D eigenvalue weighted by atomic mass is 16.3. The van der Waals surface area contributed by atoms with E-state index in [1.54, 1.807) is 0 Å². The van der Waals surface area contributed by atoms with E-state index in [0.29, 0.717) is 0 Å². The van der Waals surface area contributed by atoms with Gasteiger partial charge in [0, 0.05) is 25.7 Å². The maximum absolute atomic E-state index is 9.22. The predicted molar refractivity (Wildman–Crippen MR) is 69.7 cm³/mol. The number of nitrogens with one attached hydrogen (secondary N) is 1. The zero-order valence-corrected chi connectivity index (χ0v) is 10.5. The van der Waals surface area contributed by atoms with E-state index in [1.807, 2.05) is 0 Å². The van der Waals surface area contributed by atoms with Crippen LogP contribution in [0.4, 0.5) is 0 Å². The van der Waals surface area contributed by atoms with E-state index in [2.05, 4.69) is 41.4 Å². The Balaban J connectivity index is 1.79. The van der Waals surface area contributed by atoms with E-state index in [0.717, 1.165) is 32.6 Å². The number of aliphatic hydroxyl groups excluding tert-OH is 1. The van der Waals surface area contributed by atoms with Crippen molar-refractivity contribution in [3.05, 3.63) is 35.4 Å². The first-order valence-corrected chi connectivity index (χ1v) is 6.47. The molecule has 0 saturated carbocycles. The smallest absolute Gasteiger partial charge is 0.0585 e. The topological polar surface area (TPSA) is 35.5 Å². The van der Waals surface area contributed by atoms with Crippen LogP contribution in [0, 0.1) is 0 Å². The largest absolute Gasteiger partial charge is 0.395 e. The van der Waals surface area contributed by atoms with Crippen LogP contribution in [0.15, 0.2) is 24.3 Å². The molecule has 0 bridgehead atoms. The van der Waals surface area contributed by atoms with E-state index in [9.17, 15) is 5.11 Å². The van der Waals surface area contributed by atoms with Gasteiger partial charge in [0.2, 0.25) is 0 Å². The molecule has 94 valence electrons. The molecule has 0 saturated heterocycles. The van der Waals surface area contributed by atoms with E-state index in [4.69, 9.17) is 0 Å². The quantitative estimate of drug-likeness (QED) is 0.780. The number of aliphatic hydroxyl groups is 1. The molecule has 0 spiro atoms. The Bertz CT molecular complexity index is 329. The molecule has 3 nitrogen and oxygen atoms in total. The molecule has 0 radical (unpaired) electrons. The third-order valence-corrected chi connectivity index (χ3v) is 3.41. The van der Waals surface area contributed by atoms with Crippen LogP contribution in [0.1, 0.15) is 24.5 Å². The Morgan fingerprint density at radius 1 is 1.29 bits per heavy atom. The number of hydrogen-bond donors (Lipinski definition) is 2. The van der Waals surface area contributed by atoms with E-state index >= 15 is 0 Å². The minimum absolute atomic E-state index is 0.231. The minimum Gasteiger partial charge on any atom is -0.395 e. The third-order valence-electron chi connectivity index (χ3n) is 3.41. The van der Waals surface area contributed by atoms with Crippen molar-refractivity contribution in [2.24, 2.45) is 0 Å². The standard InChI is InChI=1S/C14H22N2O/c1-2-15-14(11-17)7-8-16-9-12-5-3-4-6-13(12)10-16/h3-6,14-15,17H,2,7-11H2,1H3. The van der Waals surface area contributed by atoms with Crippen LogP contribution >= 0.6 is 0 Å². The molecule has 1 unspecified atom stereocenters. The van der Waals surface area contributed by atoms with Crippen LogP contribution in [-0.2, 0) is 13.1 Å². The number of likely N-dealkylation sites (N-methyl/N-ethyl adjacent to an activating group) is 1. The second-order valence-corrected chi connectivity index (χ2v) is 4.71. The van der Waals surface area contributed by atoms with Crippen LogP contribution in [0.3, 0.4) is 0 Å². The first-order chi connectivity index (χ1) is 8.33. The number of benzene rings is 1. The molecule has 1 aromatic carbocycles. The molecule has 0 aliphatic carbocycles. The summed E-state index contributed by atoms with van der Waals surface area (Å²) in [6.45, 7) is 6.39. The van der Waals surface area contributed by atoms with Gasteiger partial charge in [-0.1, -0.05) is 31.2 Å². The molecule has 1 atom stereocenters. The highest BCUT2D eigenvalue weighted by molar-refractivity contribution is 5.30. The van der Waals surface area contributed by atoms with Gasteiger partial charge in [-0.2, -0.15) is 0 Å². The second-order valence-electron chi connectivity index (χ2n) is 4.71. The lowest BCUT2D eigenvalue weighted by atomic mass is 10.1. The first kappa shape index (κ1) is 12.6. The fraction of sp³-hybridized carbons (Fsp3) is 0.571. The van der Waals surface area contributed by atoms with Crippen LogP contribution in [-0.4, -0.2) is 35.7 Å². The Kier molecular flexibility index (Phi) is 4.54. The molecular formula is C14H22N2O. The van der Waals surface area contributed by atoms with Crippen LogP contribution < -0.4 is 5.32 Å². The van der Waals surface area contributed by atoms with Crippen molar-refractivity contribution in [3.63, 3.8) is 0 Å². The molecule has 1 heterocycles. The van der Waals surface area contributed by atoms with Gasteiger partial charge in [0.25, 0.3) is 0 Å². The van der Waals surface area contributed by atoms with Crippen molar-refractivity contribution in [2.45, 2.75) is 32.5 Å². The van der Waals surface area contributed by atoms with Crippen molar-refractivity contribution in [1.29, 1.82) is 0 Å². The van der Waals surface area contributed by atoms with Crippen molar-refractivity contribution in [1.82, 2.24) is 10.2 Å². The molecule has 0 aromatic heterocycles. The fourth-order valence-electron chi connectivity index (χ4n) is 2.45. The number of hydrogen-bond acceptors (Lipinski definition) is 3. The van der Waals surface area contributed by atoms with Gasteiger partial charge in [0.05, 0.1) is 6.61 Å². The lowest BCUT2D eigenvalue weighted by molar-refractivity contribution is 0.207. The highest BCUT2D eigenvalue weighted by Crippen LogP contribution is 2.22. The fourth-order valence-corrected chi connectivity index (χ4v) is 2.45. The number of nitrogens with zero attached hydrogens (tertiary/aromatic N) is 1. The van der Waals surface area contributed by atoms with Gasteiger partial charge in [0.15, 0.2) is 0 Å². The first-order valence-electron chi connectivity index (χ1n) is 6.47. The summed E-state index contributed by atoms with van der Waals surface area (Å²) in [6, 6.07) is 8.88. The van der Waals surface area contributed by atoms with Gasteiger partial charge >= 0.3 is 0 Å². The van der Waals surface area contributed by atoms with E-state index in [1.165, 1.54) is 11.1 Å². The molecule has 1 aliphatic rings. The lowest BCUT2D eigenvalue weighted by Crippen LogP contribution is -2.35. The second kappa shape index (κ2) is 6.15. The molecule has 0 fully saturated rings. The van der Waals surface area contributed by atoms with Gasteiger partial charge in [-0.05, 0) is 24.1 Å². The van der Waals surface area contributed by atoms with Crippen molar-refractivity contribution in [3.8, 4) is 0 Å². The number of rotatable bonds is 6. The van der Waals surface area contributed by atoms with Crippen LogP contribution in [0.5, 0.6) is 0 Å². The maximum Gasteiger partial charge on any atom is 0.0585 e. The normalized spacial score (nSPS) is 17.1. The van der Waals surface area contributed by atoms with E-state index in [-0.39, 0.29) is 12.6 Å². The Hall–Kier alpha value is -0.900. The molecule has 17 heavy (non-hydrogen) atoms. The van der Waals surface area contributed by atoms with Gasteiger partial charge in [-0.25, -0.2) is 0 Å².